The molecule has 0 aliphatic carbocycles. The molecule has 1 aromatic rings. The molecule has 1 aromatic carbocycles. The summed E-state index contributed by atoms with van der Waals surface area (Å²) >= 11 is 0. The van der Waals surface area contributed by atoms with Gasteiger partial charge in [-0.25, -0.2) is 0 Å². The summed E-state index contributed by atoms with van der Waals surface area (Å²) in [6.45, 7) is 1.35. The summed E-state index contributed by atoms with van der Waals surface area (Å²) in [7, 11) is 0. The molecule has 1 unspecified atom stereocenters. The minimum Gasteiger partial charge on any atom is -0.478 e. The van der Waals surface area contributed by atoms with Crippen LogP contribution in [0.15, 0.2) is 18.2 Å². The minimum atomic E-state index is -0.933. The van der Waals surface area contributed by atoms with Gasteiger partial charge in [-0.05, 0) is 13.0 Å². The molecule has 7 heteroatoms. The van der Waals surface area contributed by atoms with Crippen LogP contribution < -0.4 is 10.1 Å². The number of hydrogen-bond acceptors (Lipinski definition) is 5. The lowest BCUT2D eigenvalue weighted by molar-refractivity contribution is -0.384. The summed E-state index contributed by atoms with van der Waals surface area (Å²) in [6.07, 6.45) is -0.995. The van der Waals surface area contributed by atoms with E-state index in [-0.39, 0.29) is 23.6 Å². The Balaban J connectivity index is 2.30. The molecule has 0 aromatic heterocycles. The van der Waals surface area contributed by atoms with Gasteiger partial charge in [0.15, 0.2) is 11.9 Å². The third-order valence-electron chi connectivity index (χ3n) is 2.47. The first-order chi connectivity index (χ1) is 8.47. The number of carbonyl (C=O) groups is 2. The van der Waals surface area contributed by atoms with Crippen LogP contribution in [0.3, 0.4) is 0 Å². The largest absolute Gasteiger partial charge is 0.478 e. The van der Waals surface area contributed by atoms with Crippen molar-refractivity contribution in [3.8, 4) is 5.75 Å². The van der Waals surface area contributed by atoms with Gasteiger partial charge >= 0.3 is 0 Å². The number of benzene rings is 1. The first kappa shape index (κ1) is 12.0. The molecule has 1 aliphatic heterocycles. The Morgan fingerprint density at radius 2 is 2.28 bits per heavy atom. The monoisotopic (exact) mass is 250 g/mol. The van der Waals surface area contributed by atoms with E-state index >= 15 is 0 Å². The van der Waals surface area contributed by atoms with E-state index in [2.05, 4.69) is 5.32 Å². The quantitative estimate of drug-likeness (QED) is 0.643. The van der Waals surface area contributed by atoms with Gasteiger partial charge < -0.3 is 10.1 Å². The summed E-state index contributed by atoms with van der Waals surface area (Å²) in [5, 5.41) is 13.2. The van der Waals surface area contributed by atoms with Crippen molar-refractivity contribution in [2.45, 2.75) is 19.4 Å². The van der Waals surface area contributed by atoms with Gasteiger partial charge in [-0.1, -0.05) is 0 Å². The molecule has 0 radical (unpaired) electrons. The molecule has 1 aliphatic rings. The molecular formula is C11H10N2O5. The van der Waals surface area contributed by atoms with Gasteiger partial charge in [-0.3, -0.25) is 19.7 Å². The Kier molecular flexibility index (Phi) is 2.97. The summed E-state index contributed by atoms with van der Waals surface area (Å²) in [6, 6.07) is 3.89. The number of nitrogens with zero attached hydrogens (tertiary/aromatic N) is 1. The molecule has 0 spiro atoms. The lowest BCUT2D eigenvalue weighted by atomic mass is 10.1. The van der Waals surface area contributed by atoms with Crippen molar-refractivity contribution in [1.82, 2.24) is 0 Å². The zero-order chi connectivity index (χ0) is 13.3. The predicted octanol–water partition coefficient (Wildman–Crippen LogP) is 1.27. The highest BCUT2D eigenvalue weighted by molar-refractivity contribution is 6.00. The lowest BCUT2D eigenvalue weighted by Crippen LogP contribution is -2.38. The molecule has 0 saturated carbocycles. The van der Waals surface area contributed by atoms with Gasteiger partial charge in [0.1, 0.15) is 5.78 Å². The highest BCUT2D eigenvalue weighted by Gasteiger charge is 2.29. The standard InChI is InChI=1S/C11H10N2O5/c1-6(14)4-10-11(15)12-8-3-2-7(13(16)17)5-9(8)18-10/h2-3,5,10H,4H2,1H3,(H,12,15). The van der Waals surface area contributed by atoms with Gasteiger partial charge in [-0.15, -0.1) is 0 Å². The Morgan fingerprint density at radius 3 is 2.89 bits per heavy atom. The number of nitro benzene ring substituents is 1. The van der Waals surface area contributed by atoms with E-state index in [0.29, 0.717) is 5.69 Å². The summed E-state index contributed by atoms with van der Waals surface area (Å²) in [4.78, 5) is 32.6. The smallest absolute Gasteiger partial charge is 0.273 e. The van der Waals surface area contributed by atoms with Crippen LogP contribution in [0.4, 0.5) is 11.4 Å². The van der Waals surface area contributed by atoms with Crippen LogP contribution in [0.2, 0.25) is 0 Å². The van der Waals surface area contributed by atoms with Gasteiger partial charge in [-0.2, -0.15) is 0 Å². The van der Waals surface area contributed by atoms with E-state index in [0.717, 1.165) is 0 Å². The number of nitrogens with one attached hydrogen (secondary N) is 1. The first-order valence-electron chi connectivity index (χ1n) is 5.23. The van der Waals surface area contributed by atoms with E-state index < -0.39 is 16.9 Å². The van der Waals surface area contributed by atoms with Crippen LogP contribution in [-0.4, -0.2) is 22.7 Å². The van der Waals surface area contributed by atoms with Crippen molar-refractivity contribution in [3.05, 3.63) is 28.3 Å². The summed E-state index contributed by atoms with van der Waals surface area (Å²) in [5.41, 5.74) is 0.233. The molecular weight excluding hydrogens is 240 g/mol. The molecule has 1 N–H and O–H groups in total. The van der Waals surface area contributed by atoms with Crippen LogP contribution in [0.1, 0.15) is 13.3 Å². The third kappa shape index (κ3) is 2.29. The number of anilines is 1. The number of carbonyl (C=O) groups excluding carboxylic acids is 2. The molecule has 7 nitrogen and oxygen atoms in total. The predicted molar refractivity (Wildman–Crippen MR) is 61.4 cm³/mol. The van der Waals surface area contributed by atoms with E-state index in [9.17, 15) is 19.7 Å². The Morgan fingerprint density at radius 1 is 1.56 bits per heavy atom. The second kappa shape index (κ2) is 4.44. The second-order valence-corrected chi connectivity index (χ2v) is 3.94. The van der Waals surface area contributed by atoms with Crippen molar-refractivity contribution in [2.75, 3.05) is 5.32 Å². The van der Waals surface area contributed by atoms with E-state index in [1.54, 1.807) is 0 Å². The number of non-ortho nitro benzene ring substituents is 1. The normalized spacial score (nSPS) is 17.4. The van der Waals surface area contributed by atoms with Crippen molar-refractivity contribution < 1.29 is 19.2 Å². The van der Waals surface area contributed by atoms with Crippen LogP contribution in [0.25, 0.3) is 0 Å². The third-order valence-corrected chi connectivity index (χ3v) is 2.47. The Bertz CT molecular complexity index is 540. The maximum Gasteiger partial charge on any atom is 0.273 e. The maximum absolute atomic E-state index is 11.6. The molecule has 2 rings (SSSR count). The maximum atomic E-state index is 11.6. The number of amides is 1. The van der Waals surface area contributed by atoms with Crippen molar-refractivity contribution >= 4 is 23.1 Å². The Hall–Kier alpha value is -2.44. The fourth-order valence-corrected chi connectivity index (χ4v) is 1.64. The SMILES string of the molecule is CC(=O)CC1Oc2cc([N+](=O)[O-])ccc2NC1=O. The molecule has 18 heavy (non-hydrogen) atoms. The number of fused-ring (bicyclic) bond motifs is 1. The molecule has 1 atom stereocenters. The van der Waals surface area contributed by atoms with E-state index in [1.165, 1.54) is 25.1 Å². The number of ether oxygens (including phenoxy) is 1. The zero-order valence-corrected chi connectivity index (χ0v) is 9.50. The number of ketones is 1. The van der Waals surface area contributed by atoms with Gasteiger partial charge in [0, 0.05) is 6.07 Å². The highest BCUT2D eigenvalue weighted by atomic mass is 16.6. The highest BCUT2D eigenvalue weighted by Crippen LogP contribution is 2.33. The van der Waals surface area contributed by atoms with Crippen LogP contribution >= 0.6 is 0 Å². The van der Waals surface area contributed by atoms with Crippen LogP contribution in [0.5, 0.6) is 5.75 Å². The molecule has 94 valence electrons. The molecule has 0 fully saturated rings. The first-order valence-corrected chi connectivity index (χ1v) is 5.23. The number of Topliss-reactive ketones (excluding diaryl/α,β-unsaturated/α-hetero) is 1. The average molecular weight is 250 g/mol. The van der Waals surface area contributed by atoms with Crippen molar-refractivity contribution in [3.63, 3.8) is 0 Å². The van der Waals surface area contributed by atoms with Gasteiger partial charge in [0.25, 0.3) is 11.6 Å². The van der Waals surface area contributed by atoms with Crippen molar-refractivity contribution in [2.24, 2.45) is 0 Å². The number of nitro groups is 1. The van der Waals surface area contributed by atoms with Gasteiger partial charge in [0.2, 0.25) is 0 Å². The van der Waals surface area contributed by atoms with E-state index in [4.69, 9.17) is 4.74 Å². The van der Waals surface area contributed by atoms with Crippen LogP contribution in [-0.2, 0) is 9.59 Å². The van der Waals surface area contributed by atoms with Crippen molar-refractivity contribution in [1.29, 1.82) is 0 Å². The molecule has 0 saturated heterocycles. The topological polar surface area (TPSA) is 98.5 Å². The lowest BCUT2D eigenvalue weighted by Gasteiger charge is -2.24. The van der Waals surface area contributed by atoms with Crippen LogP contribution in [0, 0.1) is 10.1 Å². The minimum absolute atomic E-state index is 0.0615. The molecule has 1 heterocycles. The number of hydrogen-bond donors (Lipinski definition) is 1. The molecule has 0 bridgehead atoms. The molecule has 1 amide bonds. The fraction of sp³-hybridized carbons (Fsp3) is 0.273. The fourth-order valence-electron chi connectivity index (χ4n) is 1.64. The summed E-state index contributed by atoms with van der Waals surface area (Å²) < 4.78 is 5.31. The zero-order valence-electron chi connectivity index (χ0n) is 9.50. The summed E-state index contributed by atoms with van der Waals surface area (Å²) in [5.74, 6) is -0.411. The number of rotatable bonds is 3. The average Bonchev–Trinajstić information content (AvgIpc) is 2.28. The van der Waals surface area contributed by atoms with Gasteiger partial charge in [0.05, 0.1) is 23.1 Å². The Labute approximate surface area is 102 Å². The van der Waals surface area contributed by atoms with E-state index in [1.807, 2.05) is 0 Å². The second-order valence-electron chi connectivity index (χ2n) is 3.94.